The van der Waals surface area contributed by atoms with E-state index in [9.17, 15) is 0 Å². The quantitative estimate of drug-likeness (QED) is 0.409. The van der Waals surface area contributed by atoms with Crippen LogP contribution in [0.1, 0.15) is 84.0 Å². The van der Waals surface area contributed by atoms with Gasteiger partial charge in [0.15, 0.2) is 0 Å². The van der Waals surface area contributed by atoms with E-state index >= 15 is 0 Å². The van der Waals surface area contributed by atoms with Crippen molar-refractivity contribution in [3.8, 4) is 5.75 Å². The SMILES string of the molecule is CCCCCCCCCCCCCC1=NNCN1c1ccc(OC)cc1. The molecule has 0 bridgehead atoms. The summed E-state index contributed by atoms with van der Waals surface area (Å²) in [6, 6.07) is 8.21. The van der Waals surface area contributed by atoms with Crippen LogP contribution in [0.15, 0.2) is 29.4 Å². The van der Waals surface area contributed by atoms with Gasteiger partial charge in [-0.2, -0.15) is 5.10 Å². The molecule has 0 aliphatic carbocycles. The highest BCUT2D eigenvalue weighted by atomic mass is 16.5. The first-order valence-electron chi connectivity index (χ1n) is 10.6. The highest BCUT2D eigenvalue weighted by molar-refractivity contribution is 5.98. The maximum atomic E-state index is 5.24. The lowest BCUT2D eigenvalue weighted by Crippen LogP contribution is -2.29. The molecule has 0 radical (unpaired) electrons. The lowest BCUT2D eigenvalue weighted by molar-refractivity contribution is 0.415. The summed E-state index contributed by atoms with van der Waals surface area (Å²) in [5.74, 6) is 2.05. The Morgan fingerprint density at radius 2 is 1.46 bits per heavy atom. The highest BCUT2D eigenvalue weighted by Gasteiger charge is 2.18. The van der Waals surface area contributed by atoms with Crippen molar-refractivity contribution in [3.63, 3.8) is 0 Å². The minimum Gasteiger partial charge on any atom is -0.497 e. The normalized spacial score (nSPS) is 13.6. The van der Waals surface area contributed by atoms with Crippen molar-refractivity contribution in [2.45, 2.75) is 84.0 Å². The molecule has 0 aromatic heterocycles. The number of anilines is 1. The largest absolute Gasteiger partial charge is 0.497 e. The van der Waals surface area contributed by atoms with Gasteiger partial charge in [0.1, 0.15) is 18.3 Å². The molecule has 0 amide bonds. The van der Waals surface area contributed by atoms with Gasteiger partial charge in [-0.15, -0.1) is 0 Å². The first-order chi connectivity index (χ1) is 12.8. The molecule has 0 unspecified atom stereocenters. The van der Waals surface area contributed by atoms with Crippen molar-refractivity contribution in [1.82, 2.24) is 5.43 Å². The molecular weight excluding hydrogens is 322 g/mol. The number of nitrogens with zero attached hydrogens (tertiary/aromatic N) is 2. The van der Waals surface area contributed by atoms with Gasteiger partial charge in [-0.1, -0.05) is 71.1 Å². The maximum Gasteiger partial charge on any atom is 0.130 e. The van der Waals surface area contributed by atoms with E-state index in [2.05, 4.69) is 34.5 Å². The molecule has 1 aromatic carbocycles. The van der Waals surface area contributed by atoms with Crippen LogP contribution in [0.4, 0.5) is 5.69 Å². The minimum absolute atomic E-state index is 0.764. The monoisotopic (exact) mass is 359 g/mol. The van der Waals surface area contributed by atoms with Crippen LogP contribution in [-0.4, -0.2) is 19.6 Å². The highest BCUT2D eigenvalue weighted by Crippen LogP contribution is 2.22. The molecule has 1 aliphatic heterocycles. The number of methoxy groups -OCH3 is 1. The number of hydrogen-bond acceptors (Lipinski definition) is 4. The first-order valence-corrected chi connectivity index (χ1v) is 10.6. The molecule has 26 heavy (non-hydrogen) atoms. The lowest BCUT2D eigenvalue weighted by atomic mass is 10.0. The predicted molar refractivity (Wildman–Crippen MR) is 112 cm³/mol. The van der Waals surface area contributed by atoms with Crippen molar-refractivity contribution < 1.29 is 4.74 Å². The Balaban J connectivity index is 1.54. The number of nitrogens with one attached hydrogen (secondary N) is 1. The summed E-state index contributed by atoms with van der Waals surface area (Å²) in [4.78, 5) is 2.26. The van der Waals surface area contributed by atoms with Crippen molar-refractivity contribution in [3.05, 3.63) is 24.3 Å². The number of rotatable bonds is 14. The van der Waals surface area contributed by atoms with Crippen LogP contribution in [-0.2, 0) is 0 Å². The van der Waals surface area contributed by atoms with Gasteiger partial charge in [-0.05, 0) is 30.7 Å². The second-order valence-electron chi connectivity index (χ2n) is 7.26. The number of hydrazone groups is 1. The van der Waals surface area contributed by atoms with E-state index in [0.29, 0.717) is 0 Å². The van der Waals surface area contributed by atoms with Gasteiger partial charge in [0.25, 0.3) is 0 Å². The van der Waals surface area contributed by atoms with Crippen LogP contribution in [0.2, 0.25) is 0 Å². The lowest BCUT2D eigenvalue weighted by Gasteiger charge is -2.19. The smallest absolute Gasteiger partial charge is 0.130 e. The van der Waals surface area contributed by atoms with E-state index in [-0.39, 0.29) is 0 Å². The van der Waals surface area contributed by atoms with Gasteiger partial charge < -0.3 is 9.64 Å². The standard InChI is InChI=1S/C22H37N3O/c1-3-4-5-6-7-8-9-10-11-12-13-14-22-24-23-19-25(22)20-15-17-21(26-2)18-16-20/h15-18,23H,3-14,19H2,1-2H3. The summed E-state index contributed by atoms with van der Waals surface area (Å²) in [6.45, 7) is 3.04. The third-order valence-corrected chi connectivity index (χ3v) is 5.14. The second-order valence-corrected chi connectivity index (χ2v) is 7.26. The minimum atomic E-state index is 0.764. The number of amidine groups is 1. The summed E-state index contributed by atoms with van der Waals surface area (Å²) in [7, 11) is 1.70. The molecule has 1 heterocycles. The molecule has 0 saturated carbocycles. The summed E-state index contributed by atoms with van der Waals surface area (Å²) >= 11 is 0. The Kier molecular flexibility index (Phi) is 9.99. The molecule has 1 N–H and O–H groups in total. The van der Waals surface area contributed by atoms with E-state index < -0.39 is 0 Å². The van der Waals surface area contributed by atoms with Gasteiger partial charge >= 0.3 is 0 Å². The summed E-state index contributed by atoms with van der Waals surface area (Å²) in [5, 5.41) is 4.48. The van der Waals surface area contributed by atoms with Crippen molar-refractivity contribution >= 4 is 11.5 Å². The van der Waals surface area contributed by atoms with Gasteiger partial charge in [0, 0.05) is 12.1 Å². The maximum absolute atomic E-state index is 5.24. The molecule has 4 heteroatoms. The van der Waals surface area contributed by atoms with Gasteiger partial charge in [-0.25, -0.2) is 0 Å². The van der Waals surface area contributed by atoms with Crippen LogP contribution in [0.25, 0.3) is 0 Å². The Labute approximate surface area is 160 Å². The predicted octanol–water partition coefficient (Wildman–Crippen LogP) is 6.08. The van der Waals surface area contributed by atoms with Crippen LogP contribution >= 0.6 is 0 Å². The van der Waals surface area contributed by atoms with Crippen molar-refractivity contribution in [1.29, 1.82) is 0 Å². The van der Waals surface area contributed by atoms with E-state index in [1.165, 1.54) is 76.3 Å². The van der Waals surface area contributed by atoms with Crippen molar-refractivity contribution in [2.75, 3.05) is 18.7 Å². The molecule has 0 spiro atoms. The fraction of sp³-hybridized carbons (Fsp3) is 0.682. The van der Waals surface area contributed by atoms with E-state index in [4.69, 9.17) is 4.74 Å². The Morgan fingerprint density at radius 1 is 0.885 bits per heavy atom. The molecule has 0 atom stereocenters. The average molecular weight is 360 g/mol. The average Bonchev–Trinajstić information content (AvgIpc) is 3.14. The zero-order valence-electron chi connectivity index (χ0n) is 16.8. The number of hydrogen-bond donors (Lipinski definition) is 1. The van der Waals surface area contributed by atoms with Crippen LogP contribution in [0.5, 0.6) is 5.75 Å². The Hall–Kier alpha value is -1.71. The third-order valence-electron chi connectivity index (χ3n) is 5.14. The Morgan fingerprint density at radius 3 is 2.04 bits per heavy atom. The zero-order chi connectivity index (χ0) is 18.5. The molecule has 1 aliphatic rings. The van der Waals surface area contributed by atoms with Crippen molar-refractivity contribution in [2.24, 2.45) is 5.10 Å². The van der Waals surface area contributed by atoms with E-state index in [0.717, 1.165) is 24.7 Å². The van der Waals surface area contributed by atoms with Gasteiger partial charge in [-0.3, -0.25) is 5.43 Å². The molecule has 4 nitrogen and oxygen atoms in total. The van der Waals surface area contributed by atoms with Crippen LogP contribution in [0, 0.1) is 0 Å². The third kappa shape index (κ3) is 7.27. The fourth-order valence-corrected chi connectivity index (χ4v) is 3.49. The van der Waals surface area contributed by atoms with Gasteiger partial charge in [0.2, 0.25) is 0 Å². The van der Waals surface area contributed by atoms with E-state index in [1.54, 1.807) is 7.11 Å². The molecular formula is C22H37N3O. The number of benzene rings is 1. The molecule has 2 rings (SSSR count). The Bertz CT molecular complexity index is 513. The molecule has 146 valence electrons. The van der Waals surface area contributed by atoms with Crippen LogP contribution < -0.4 is 15.1 Å². The second kappa shape index (κ2) is 12.6. The van der Waals surface area contributed by atoms with Crippen LogP contribution in [0.3, 0.4) is 0 Å². The fourth-order valence-electron chi connectivity index (χ4n) is 3.49. The molecule has 0 saturated heterocycles. The number of ether oxygens (including phenoxy) is 1. The molecule has 1 aromatic rings. The summed E-state index contributed by atoms with van der Waals surface area (Å²) < 4.78 is 5.24. The molecule has 0 fully saturated rings. The summed E-state index contributed by atoms with van der Waals surface area (Å²) in [6.07, 6.45) is 16.2. The number of unbranched alkanes of at least 4 members (excludes halogenated alkanes) is 10. The first kappa shape index (κ1) is 20.6. The summed E-state index contributed by atoms with van der Waals surface area (Å²) in [5.41, 5.74) is 4.30. The van der Waals surface area contributed by atoms with E-state index in [1.807, 2.05) is 12.1 Å². The topological polar surface area (TPSA) is 36.9 Å². The van der Waals surface area contributed by atoms with Gasteiger partial charge in [0.05, 0.1) is 7.11 Å². The zero-order valence-corrected chi connectivity index (χ0v) is 16.8.